The number of hydrogen-bond donors (Lipinski definition) is 3. The van der Waals surface area contributed by atoms with Crippen molar-refractivity contribution in [3.05, 3.63) is 24.0 Å². The van der Waals surface area contributed by atoms with Gasteiger partial charge < -0.3 is 10.3 Å². The van der Waals surface area contributed by atoms with Crippen LogP contribution in [-0.2, 0) is 4.79 Å². The molecule has 0 bridgehead atoms. The lowest BCUT2D eigenvalue weighted by molar-refractivity contribution is -0.123. The minimum Gasteiger partial charge on any atom is -0.357 e. The smallest absolute Gasteiger partial charge is 0.274 e. The van der Waals surface area contributed by atoms with Crippen LogP contribution in [0.1, 0.15) is 24.3 Å². The Bertz CT molecular complexity index is 453. The summed E-state index contributed by atoms with van der Waals surface area (Å²) in [6.45, 7) is 6.91. The first-order valence-electron chi connectivity index (χ1n) is 6.42. The number of aromatic nitrogens is 1. The summed E-state index contributed by atoms with van der Waals surface area (Å²) in [5, 5.41) is 5.69. The maximum absolute atomic E-state index is 11.9. The van der Waals surface area contributed by atoms with Gasteiger partial charge in [0.05, 0.1) is 6.54 Å². The van der Waals surface area contributed by atoms with Crippen LogP contribution in [0, 0.1) is 0 Å². The van der Waals surface area contributed by atoms with Gasteiger partial charge in [-0.05, 0) is 26.0 Å². The Kier molecular flexibility index (Phi) is 4.01. The molecule has 1 fully saturated rings. The first-order chi connectivity index (χ1) is 8.99. The molecule has 1 aromatic heterocycles. The largest absolute Gasteiger partial charge is 0.357 e. The molecule has 1 aliphatic heterocycles. The van der Waals surface area contributed by atoms with Crippen LogP contribution in [0.3, 0.4) is 0 Å². The van der Waals surface area contributed by atoms with Gasteiger partial charge in [-0.15, -0.1) is 0 Å². The Morgan fingerprint density at radius 3 is 2.89 bits per heavy atom. The molecule has 0 spiro atoms. The van der Waals surface area contributed by atoms with Crippen LogP contribution in [0.5, 0.6) is 0 Å². The zero-order valence-corrected chi connectivity index (χ0v) is 11.3. The first kappa shape index (κ1) is 13.8. The van der Waals surface area contributed by atoms with Gasteiger partial charge in [0, 0.05) is 31.4 Å². The zero-order chi connectivity index (χ0) is 13.9. The predicted octanol–water partition coefficient (Wildman–Crippen LogP) is -0.0451. The number of rotatable bonds is 3. The fourth-order valence-corrected chi connectivity index (χ4v) is 2.19. The van der Waals surface area contributed by atoms with Gasteiger partial charge in [0.2, 0.25) is 5.91 Å². The van der Waals surface area contributed by atoms with Crippen LogP contribution >= 0.6 is 0 Å². The third-order valence-electron chi connectivity index (χ3n) is 3.40. The number of imide groups is 1. The van der Waals surface area contributed by atoms with E-state index in [2.05, 4.69) is 34.4 Å². The molecular formula is C13H20N4O2. The second-order valence-electron chi connectivity index (χ2n) is 5.37. The standard InChI is InChI=1S/C13H20N4O2/c1-13(2)9-14-6-7-17(13)8-11(18)16-12(19)10-4-3-5-15-10/h3-5,14-15H,6-9H2,1-2H3,(H,16,18,19). The first-order valence-corrected chi connectivity index (χ1v) is 6.42. The molecule has 0 atom stereocenters. The number of piperazine rings is 1. The van der Waals surface area contributed by atoms with E-state index in [0.717, 1.165) is 19.6 Å². The van der Waals surface area contributed by atoms with E-state index >= 15 is 0 Å². The lowest BCUT2D eigenvalue weighted by atomic mass is 10.0. The van der Waals surface area contributed by atoms with Gasteiger partial charge in [0.25, 0.3) is 5.91 Å². The summed E-state index contributed by atoms with van der Waals surface area (Å²) in [4.78, 5) is 28.5. The van der Waals surface area contributed by atoms with Gasteiger partial charge in [-0.1, -0.05) is 0 Å². The highest BCUT2D eigenvalue weighted by Gasteiger charge is 2.31. The number of nitrogens with one attached hydrogen (secondary N) is 3. The van der Waals surface area contributed by atoms with Crippen LogP contribution in [0.25, 0.3) is 0 Å². The number of carbonyl (C=O) groups excluding carboxylic acids is 2. The molecule has 2 amide bonds. The highest BCUT2D eigenvalue weighted by molar-refractivity contribution is 6.04. The van der Waals surface area contributed by atoms with E-state index in [-0.39, 0.29) is 23.9 Å². The average molecular weight is 264 g/mol. The van der Waals surface area contributed by atoms with Crippen molar-refractivity contribution in [2.75, 3.05) is 26.2 Å². The molecule has 2 rings (SSSR count). The van der Waals surface area contributed by atoms with E-state index in [1.807, 2.05) is 0 Å². The number of nitrogens with zero attached hydrogens (tertiary/aromatic N) is 1. The maximum Gasteiger partial charge on any atom is 0.274 e. The van der Waals surface area contributed by atoms with Crippen LogP contribution in [0.4, 0.5) is 0 Å². The van der Waals surface area contributed by atoms with Crippen molar-refractivity contribution in [2.24, 2.45) is 0 Å². The van der Waals surface area contributed by atoms with E-state index in [0.29, 0.717) is 5.69 Å². The minimum atomic E-state index is -0.386. The predicted molar refractivity (Wildman–Crippen MR) is 71.8 cm³/mol. The van der Waals surface area contributed by atoms with Crippen LogP contribution in [0.2, 0.25) is 0 Å². The molecule has 0 aliphatic carbocycles. The summed E-state index contributed by atoms with van der Waals surface area (Å²) in [7, 11) is 0. The monoisotopic (exact) mass is 264 g/mol. The van der Waals surface area contributed by atoms with Gasteiger partial charge in [0.1, 0.15) is 5.69 Å². The third-order valence-corrected chi connectivity index (χ3v) is 3.40. The zero-order valence-electron chi connectivity index (χ0n) is 11.3. The van der Waals surface area contributed by atoms with E-state index in [4.69, 9.17) is 0 Å². The van der Waals surface area contributed by atoms with Gasteiger partial charge in [-0.3, -0.25) is 19.8 Å². The quantitative estimate of drug-likeness (QED) is 0.715. The summed E-state index contributed by atoms with van der Waals surface area (Å²) >= 11 is 0. The molecule has 0 aromatic carbocycles. The normalized spacial score (nSPS) is 19.1. The number of H-pyrrole nitrogens is 1. The highest BCUT2D eigenvalue weighted by atomic mass is 16.2. The molecule has 1 aliphatic rings. The fourth-order valence-electron chi connectivity index (χ4n) is 2.19. The molecule has 1 aromatic rings. The summed E-state index contributed by atoms with van der Waals surface area (Å²) in [5.74, 6) is -0.655. The van der Waals surface area contributed by atoms with Crippen molar-refractivity contribution in [3.63, 3.8) is 0 Å². The van der Waals surface area contributed by atoms with Crippen molar-refractivity contribution < 1.29 is 9.59 Å². The van der Waals surface area contributed by atoms with E-state index < -0.39 is 0 Å². The lowest BCUT2D eigenvalue weighted by Crippen LogP contribution is -2.60. The number of aromatic amines is 1. The summed E-state index contributed by atoms with van der Waals surface area (Å²) in [6, 6.07) is 3.36. The second-order valence-corrected chi connectivity index (χ2v) is 5.37. The van der Waals surface area contributed by atoms with E-state index in [1.165, 1.54) is 0 Å². The van der Waals surface area contributed by atoms with Gasteiger partial charge >= 0.3 is 0 Å². The molecule has 0 radical (unpaired) electrons. The van der Waals surface area contributed by atoms with Gasteiger partial charge in [-0.2, -0.15) is 0 Å². The van der Waals surface area contributed by atoms with Crippen molar-refractivity contribution in [1.82, 2.24) is 20.5 Å². The van der Waals surface area contributed by atoms with Crippen molar-refractivity contribution >= 4 is 11.8 Å². The average Bonchev–Trinajstić information content (AvgIpc) is 2.85. The maximum atomic E-state index is 11.9. The van der Waals surface area contributed by atoms with Crippen LogP contribution < -0.4 is 10.6 Å². The topological polar surface area (TPSA) is 77.2 Å². The fraction of sp³-hybridized carbons (Fsp3) is 0.538. The summed E-state index contributed by atoms with van der Waals surface area (Å²) < 4.78 is 0. The van der Waals surface area contributed by atoms with Crippen molar-refractivity contribution in [2.45, 2.75) is 19.4 Å². The Morgan fingerprint density at radius 1 is 1.47 bits per heavy atom. The Morgan fingerprint density at radius 2 is 2.26 bits per heavy atom. The van der Waals surface area contributed by atoms with Crippen LogP contribution in [-0.4, -0.2) is 53.4 Å². The molecule has 0 unspecified atom stereocenters. The molecule has 1 saturated heterocycles. The molecular weight excluding hydrogens is 244 g/mol. The summed E-state index contributed by atoms with van der Waals surface area (Å²) in [5.41, 5.74) is 0.318. The molecule has 0 saturated carbocycles. The molecule has 19 heavy (non-hydrogen) atoms. The Labute approximate surface area is 112 Å². The molecule has 2 heterocycles. The molecule has 6 nitrogen and oxygen atoms in total. The molecule has 104 valence electrons. The number of hydrogen-bond acceptors (Lipinski definition) is 4. The van der Waals surface area contributed by atoms with Crippen molar-refractivity contribution in [3.8, 4) is 0 Å². The van der Waals surface area contributed by atoms with Gasteiger partial charge in [0.15, 0.2) is 0 Å². The number of amides is 2. The molecule has 6 heteroatoms. The SMILES string of the molecule is CC1(C)CNCCN1CC(=O)NC(=O)c1ccc[nH]1. The van der Waals surface area contributed by atoms with Crippen LogP contribution in [0.15, 0.2) is 18.3 Å². The Hall–Kier alpha value is -1.66. The second kappa shape index (κ2) is 5.54. The highest BCUT2D eigenvalue weighted by Crippen LogP contribution is 2.15. The molecule has 3 N–H and O–H groups in total. The van der Waals surface area contributed by atoms with E-state index in [1.54, 1.807) is 18.3 Å². The third kappa shape index (κ3) is 3.42. The van der Waals surface area contributed by atoms with Gasteiger partial charge in [-0.25, -0.2) is 0 Å². The Balaban J connectivity index is 1.89. The van der Waals surface area contributed by atoms with E-state index in [9.17, 15) is 9.59 Å². The number of carbonyl (C=O) groups is 2. The lowest BCUT2D eigenvalue weighted by Gasteiger charge is -2.42. The van der Waals surface area contributed by atoms with Crippen molar-refractivity contribution in [1.29, 1.82) is 0 Å². The minimum absolute atomic E-state index is 0.0783. The summed E-state index contributed by atoms with van der Waals surface area (Å²) in [6.07, 6.45) is 1.65.